The summed E-state index contributed by atoms with van der Waals surface area (Å²) in [6.45, 7) is 7.13. The van der Waals surface area contributed by atoms with Crippen LogP contribution < -0.4 is 5.32 Å². The number of hydrogen-bond acceptors (Lipinski definition) is 4. The quantitative estimate of drug-likeness (QED) is 0.800. The van der Waals surface area contributed by atoms with Crippen molar-refractivity contribution in [3.05, 3.63) is 71.3 Å². The number of hydrogen-bond donors (Lipinski definition) is 1. The van der Waals surface area contributed by atoms with Crippen molar-refractivity contribution >= 4 is 0 Å². The number of ether oxygens (including phenoxy) is 3. The summed E-state index contributed by atoms with van der Waals surface area (Å²) in [6, 6.07) is 19.1. The molecule has 3 rings (SSSR count). The molecule has 140 valence electrons. The third-order valence-electron chi connectivity index (χ3n) is 4.78. The van der Waals surface area contributed by atoms with E-state index in [1.165, 1.54) is 5.56 Å². The van der Waals surface area contributed by atoms with Crippen LogP contribution in [0.5, 0.6) is 0 Å². The Labute approximate surface area is 156 Å². The molecule has 0 aliphatic carbocycles. The second kappa shape index (κ2) is 8.31. The van der Waals surface area contributed by atoms with Gasteiger partial charge < -0.3 is 19.5 Å². The molecule has 1 fully saturated rings. The Kier molecular flexibility index (Phi) is 6.09. The molecule has 0 spiro atoms. The van der Waals surface area contributed by atoms with E-state index in [4.69, 9.17) is 14.2 Å². The van der Waals surface area contributed by atoms with Crippen molar-refractivity contribution in [3.8, 4) is 0 Å². The van der Waals surface area contributed by atoms with E-state index in [1.54, 1.807) is 0 Å². The summed E-state index contributed by atoms with van der Waals surface area (Å²) >= 11 is 0. The summed E-state index contributed by atoms with van der Waals surface area (Å²) in [5.41, 5.74) is 3.54. The topological polar surface area (TPSA) is 39.7 Å². The lowest BCUT2D eigenvalue weighted by Gasteiger charge is -2.18. The third kappa shape index (κ3) is 4.71. The molecule has 1 aliphatic rings. The first-order valence-electron chi connectivity index (χ1n) is 9.23. The van der Waals surface area contributed by atoms with E-state index in [0.717, 1.165) is 11.1 Å². The first-order valence-corrected chi connectivity index (χ1v) is 9.23. The molecule has 1 heterocycles. The minimum absolute atomic E-state index is 0.124. The van der Waals surface area contributed by atoms with Gasteiger partial charge in [-0.05, 0) is 44.5 Å². The molecular weight excluding hydrogens is 326 g/mol. The van der Waals surface area contributed by atoms with Gasteiger partial charge >= 0.3 is 0 Å². The lowest BCUT2D eigenvalue weighted by atomic mass is 10.0. The maximum atomic E-state index is 6.16. The monoisotopic (exact) mass is 355 g/mol. The van der Waals surface area contributed by atoms with Crippen LogP contribution in [-0.2, 0) is 20.8 Å². The van der Waals surface area contributed by atoms with E-state index in [0.29, 0.717) is 19.3 Å². The molecule has 2 aromatic rings. The highest BCUT2D eigenvalue weighted by molar-refractivity contribution is 5.27. The average Bonchev–Trinajstić information content (AvgIpc) is 2.96. The third-order valence-corrected chi connectivity index (χ3v) is 4.78. The summed E-state index contributed by atoms with van der Waals surface area (Å²) in [6.07, 6.45) is -0.249. The molecular formula is C22H29NO3. The van der Waals surface area contributed by atoms with Gasteiger partial charge in [0, 0.05) is 6.04 Å². The van der Waals surface area contributed by atoms with Crippen LogP contribution in [0.1, 0.15) is 49.6 Å². The van der Waals surface area contributed by atoms with Gasteiger partial charge in [-0.2, -0.15) is 0 Å². The number of benzene rings is 2. The summed E-state index contributed by atoms with van der Waals surface area (Å²) < 4.78 is 18.2. The maximum Gasteiger partial charge on any atom is 0.164 e. The zero-order valence-electron chi connectivity index (χ0n) is 16.1. The van der Waals surface area contributed by atoms with Gasteiger partial charge in [0.2, 0.25) is 0 Å². The van der Waals surface area contributed by atoms with E-state index in [-0.39, 0.29) is 12.2 Å². The van der Waals surface area contributed by atoms with Crippen molar-refractivity contribution in [2.75, 3.05) is 13.7 Å². The van der Waals surface area contributed by atoms with Crippen molar-refractivity contribution in [2.45, 2.75) is 51.4 Å². The fourth-order valence-electron chi connectivity index (χ4n) is 3.25. The first kappa shape index (κ1) is 19.1. The van der Waals surface area contributed by atoms with Crippen LogP contribution >= 0.6 is 0 Å². The van der Waals surface area contributed by atoms with E-state index >= 15 is 0 Å². The van der Waals surface area contributed by atoms with Crippen molar-refractivity contribution in [1.82, 2.24) is 5.32 Å². The number of nitrogens with one attached hydrogen (secondary N) is 1. The standard InChI is InChI=1S/C22H29NO3/c1-16(23-4)18-10-12-19(13-11-18)21-20(25-22(2,3)26-21)15-24-14-17-8-6-5-7-9-17/h5-13,16,20-21,23H,14-15H2,1-4H3. The fraction of sp³-hybridized carbons (Fsp3) is 0.455. The summed E-state index contributed by atoms with van der Waals surface area (Å²) in [4.78, 5) is 0. The average molecular weight is 355 g/mol. The SMILES string of the molecule is CNC(C)c1ccc(C2OC(C)(C)OC2COCc2ccccc2)cc1. The molecule has 0 aromatic heterocycles. The Morgan fingerprint density at radius 2 is 1.73 bits per heavy atom. The maximum absolute atomic E-state index is 6.16. The predicted molar refractivity (Wildman–Crippen MR) is 103 cm³/mol. The zero-order chi connectivity index (χ0) is 18.6. The largest absolute Gasteiger partial charge is 0.374 e. The van der Waals surface area contributed by atoms with Crippen LogP contribution in [0.2, 0.25) is 0 Å². The second-order valence-corrected chi connectivity index (χ2v) is 7.27. The Balaban J connectivity index is 1.65. The van der Waals surface area contributed by atoms with E-state index in [9.17, 15) is 0 Å². The molecule has 1 N–H and O–H groups in total. The second-order valence-electron chi connectivity index (χ2n) is 7.27. The summed E-state index contributed by atoms with van der Waals surface area (Å²) in [7, 11) is 1.97. The van der Waals surface area contributed by atoms with E-state index in [2.05, 4.69) is 48.6 Å². The van der Waals surface area contributed by atoms with E-state index < -0.39 is 5.79 Å². The molecule has 0 saturated carbocycles. The molecule has 4 nitrogen and oxygen atoms in total. The van der Waals surface area contributed by atoms with Gasteiger partial charge in [-0.25, -0.2) is 0 Å². The molecule has 0 radical (unpaired) electrons. The van der Waals surface area contributed by atoms with Gasteiger partial charge in [-0.1, -0.05) is 54.6 Å². The Morgan fingerprint density at radius 3 is 2.38 bits per heavy atom. The van der Waals surface area contributed by atoms with Gasteiger partial charge in [0.15, 0.2) is 5.79 Å². The Morgan fingerprint density at radius 1 is 1.04 bits per heavy atom. The smallest absolute Gasteiger partial charge is 0.164 e. The molecule has 1 aliphatic heterocycles. The molecule has 3 atom stereocenters. The van der Waals surface area contributed by atoms with Gasteiger partial charge in [0.05, 0.1) is 13.2 Å². The van der Waals surface area contributed by atoms with Crippen LogP contribution in [0, 0.1) is 0 Å². The van der Waals surface area contributed by atoms with Crippen LogP contribution in [0.15, 0.2) is 54.6 Å². The van der Waals surface area contributed by atoms with Crippen LogP contribution in [-0.4, -0.2) is 25.5 Å². The molecule has 3 unspecified atom stereocenters. The molecule has 4 heteroatoms. The minimum atomic E-state index is -0.609. The lowest BCUT2D eigenvalue weighted by Crippen LogP contribution is -2.24. The molecule has 2 aromatic carbocycles. The molecule has 0 amide bonds. The normalized spacial score (nSPS) is 23.1. The Bertz CT molecular complexity index is 684. The number of rotatable bonds is 7. The van der Waals surface area contributed by atoms with Crippen molar-refractivity contribution < 1.29 is 14.2 Å². The summed E-state index contributed by atoms with van der Waals surface area (Å²) in [5.74, 6) is -0.609. The van der Waals surface area contributed by atoms with Crippen molar-refractivity contribution in [2.24, 2.45) is 0 Å². The van der Waals surface area contributed by atoms with Crippen LogP contribution in [0.25, 0.3) is 0 Å². The Hall–Kier alpha value is -1.72. The molecule has 26 heavy (non-hydrogen) atoms. The lowest BCUT2D eigenvalue weighted by molar-refractivity contribution is -0.151. The molecule has 1 saturated heterocycles. The molecule has 0 bridgehead atoms. The summed E-state index contributed by atoms with van der Waals surface area (Å²) in [5, 5.41) is 3.26. The van der Waals surface area contributed by atoms with E-state index in [1.807, 2.05) is 39.1 Å². The van der Waals surface area contributed by atoms with Crippen LogP contribution in [0.4, 0.5) is 0 Å². The van der Waals surface area contributed by atoms with Gasteiger partial charge in [-0.3, -0.25) is 0 Å². The van der Waals surface area contributed by atoms with Gasteiger partial charge in [0.25, 0.3) is 0 Å². The first-order chi connectivity index (χ1) is 12.5. The van der Waals surface area contributed by atoms with Gasteiger partial charge in [0.1, 0.15) is 12.2 Å². The fourth-order valence-corrected chi connectivity index (χ4v) is 3.25. The van der Waals surface area contributed by atoms with Crippen molar-refractivity contribution in [3.63, 3.8) is 0 Å². The van der Waals surface area contributed by atoms with Crippen molar-refractivity contribution in [1.29, 1.82) is 0 Å². The van der Waals surface area contributed by atoms with Crippen LogP contribution in [0.3, 0.4) is 0 Å². The highest BCUT2D eigenvalue weighted by Crippen LogP contribution is 2.38. The highest BCUT2D eigenvalue weighted by Gasteiger charge is 2.42. The minimum Gasteiger partial charge on any atom is -0.374 e. The highest BCUT2D eigenvalue weighted by atomic mass is 16.8. The van der Waals surface area contributed by atoms with Gasteiger partial charge in [-0.15, -0.1) is 0 Å². The predicted octanol–water partition coefficient (Wildman–Crippen LogP) is 4.38. The zero-order valence-corrected chi connectivity index (χ0v) is 16.1.